The third kappa shape index (κ3) is 4.75. The molecule has 5 rings (SSSR count). The summed E-state index contributed by atoms with van der Waals surface area (Å²) >= 11 is 0. The Kier molecular flexibility index (Phi) is 6.33. The second kappa shape index (κ2) is 9.69. The number of carbonyl (C=O) groups excluding carboxylic acids is 1. The number of anilines is 1. The Morgan fingerprint density at radius 3 is 2.55 bits per heavy atom. The molecule has 1 fully saturated rings. The highest BCUT2D eigenvalue weighted by Crippen LogP contribution is 2.32. The van der Waals surface area contributed by atoms with Crippen molar-refractivity contribution in [1.82, 2.24) is 19.9 Å². The van der Waals surface area contributed by atoms with Crippen molar-refractivity contribution in [2.45, 2.75) is 44.9 Å². The molecule has 2 aliphatic rings. The van der Waals surface area contributed by atoms with Gasteiger partial charge in [0.2, 0.25) is 0 Å². The number of nitrogens with zero attached hydrogens (tertiary/aromatic N) is 5. The summed E-state index contributed by atoms with van der Waals surface area (Å²) in [6.45, 7) is 5.59. The molecule has 0 radical (unpaired) electrons. The first-order valence-corrected chi connectivity index (χ1v) is 12.1. The van der Waals surface area contributed by atoms with Crippen molar-refractivity contribution < 1.29 is 4.79 Å². The molecule has 1 aromatic carbocycles. The Morgan fingerprint density at radius 1 is 1.00 bits per heavy atom. The second-order valence-corrected chi connectivity index (χ2v) is 9.08. The highest BCUT2D eigenvalue weighted by Gasteiger charge is 2.29. The Balaban J connectivity index is 1.29. The van der Waals surface area contributed by atoms with Gasteiger partial charge in [-0.05, 0) is 56.7 Å². The van der Waals surface area contributed by atoms with E-state index in [1.807, 2.05) is 17.0 Å². The standard InChI is InChI=1S/C27H31N5O/c1-20-23-10-7-16-31(17-12-21-8-3-2-4-9-21)26(23)30-25(29-20)22-13-18-32(19-14-22)27(33)24-11-5-6-15-28-24/h2-6,8-9,11,15,22H,7,10,12-14,16-19H2,1H3. The number of piperidine rings is 1. The van der Waals surface area contributed by atoms with E-state index in [9.17, 15) is 4.79 Å². The molecule has 6 heteroatoms. The fourth-order valence-electron chi connectivity index (χ4n) is 5.01. The van der Waals surface area contributed by atoms with Gasteiger partial charge in [-0.2, -0.15) is 0 Å². The third-order valence-electron chi connectivity index (χ3n) is 6.91. The third-order valence-corrected chi connectivity index (χ3v) is 6.91. The van der Waals surface area contributed by atoms with E-state index in [1.165, 1.54) is 11.1 Å². The monoisotopic (exact) mass is 441 g/mol. The van der Waals surface area contributed by atoms with Crippen molar-refractivity contribution in [2.24, 2.45) is 0 Å². The lowest BCUT2D eigenvalue weighted by atomic mass is 9.94. The largest absolute Gasteiger partial charge is 0.356 e. The van der Waals surface area contributed by atoms with Gasteiger partial charge < -0.3 is 9.80 Å². The lowest BCUT2D eigenvalue weighted by Crippen LogP contribution is -2.39. The van der Waals surface area contributed by atoms with Crippen LogP contribution >= 0.6 is 0 Å². The maximum absolute atomic E-state index is 12.7. The van der Waals surface area contributed by atoms with Crippen LogP contribution in [-0.2, 0) is 12.8 Å². The van der Waals surface area contributed by atoms with Crippen LogP contribution < -0.4 is 4.90 Å². The van der Waals surface area contributed by atoms with Gasteiger partial charge in [-0.1, -0.05) is 36.4 Å². The summed E-state index contributed by atoms with van der Waals surface area (Å²) in [5.74, 6) is 2.39. The van der Waals surface area contributed by atoms with Crippen molar-refractivity contribution in [3.63, 3.8) is 0 Å². The number of likely N-dealkylation sites (tertiary alicyclic amines) is 1. The summed E-state index contributed by atoms with van der Waals surface area (Å²) < 4.78 is 0. The molecule has 33 heavy (non-hydrogen) atoms. The number of rotatable bonds is 5. The average Bonchev–Trinajstić information content (AvgIpc) is 2.88. The van der Waals surface area contributed by atoms with E-state index in [0.717, 1.165) is 75.6 Å². The molecule has 0 N–H and O–H groups in total. The first-order chi connectivity index (χ1) is 16.2. The molecular formula is C27H31N5O. The van der Waals surface area contributed by atoms with Gasteiger partial charge in [0, 0.05) is 49.6 Å². The van der Waals surface area contributed by atoms with E-state index in [1.54, 1.807) is 12.3 Å². The maximum atomic E-state index is 12.7. The van der Waals surface area contributed by atoms with Crippen LogP contribution in [0.1, 0.15) is 58.3 Å². The van der Waals surface area contributed by atoms with Gasteiger partial charge >= 0.3 is 0 Å². The van der Waals surface area contributed by atoms with Crippen LogP contribution in [0.15, 0.2) is 54.7 Å². The zero-order chi connectivity index (χ0) is 22.6. The molecule has 0 spiro atoms. The molecular weight excluding hydrogens is 410 g/mol. The van der Waals surface area contributed by atoms with E-state index in [4.69, 9.17) is 9.97 Å². The fourth-order valence-corrected chi connectivity index (χ4v) is 5.01. The van der Waals surface area contributed by atoms with E-state index in [2.05, 4.69) is 47.1 Å². The number of amides is 1. The Bertz CT molecular complexity index is 1090. The maximum Gasteiger partial charge on any atom is 0.272 e. The minimum Gasteiger partial charge on any atom is -0.356 e. The molecule has 4 heterocycles. The molecule has 1 amide bonds. The number of carbonyl (C=O) groups is 1. The molecule has 170 valence electrons. The summed E-state index contributed by atoms with van der Waals surface area (Å²) in [6.07, 6.45) is 6.68. The molecule has 2 aliphatic heterocycles. The molecule has 6 nitrogen and oxygen atoms in total. The summed E-state index contributed by atoms with van der Waals surface area (Å²) in [7, 11) is 0. The van der Waals surface area contributed by atoms with Crippen LogP contribution in [0.2, 0.25) is 0 Å². The van der Waals surface area contributed by atoms with Crippen LogP contribution in [0, 0.1) is 6.92 Å². The Morgan fingerprint density at radius 2 is 1.79 bits per heavy atom. The smallest absolute Gasteiger partial charge is 0.272 e. The quantitative estimate of drug-likeness (QED) is 0.594. The number of aryl methyl sites for hydroxylation is 1. The average molecular weight is 442 g/mol. The van der Waals surface area contributed by atoms with Crippen molar-refractivity contribution in [3.05, 3.63) is 83.1 Å². The van der Waals surface area contributed by atoms with Crippen molar-refractivity contribution in [1.29, 1.82) is 0 Å². The van der Waals surface area contributed by atoms with Gasteiger partial charge in [-0.15, -0.1) is 0 Å². The summed E-state index contributed by atoms with van der Waals surface area (Å²) in [4.78, 5) is 31.4. The highest BCUT2D eigenvalue weighted by atomic mass is 16.2. The lowest BCUT2D eigenvalue weighted by molar-refractivity contribution is 0.0705. The van der Waals surface area contributed by atoms with Gasteiger partial charge in [-0.3, -0.25) is 9.78 Å². The van der Waals surface area contributed by atoms with Gasteiger partial charge in [0.25, 0.3) is 5.91 Å². The number of hydrogen-bond acceptors (Lipinski definition) is 5. The van der Waals surface area contributed by atoms with Crippen molar-refractivity contribution in [2.75, 3.05) is 31.1 Å². The first-order valence-electron chi connectivity index (χ1n) is 12.1. The molecule has 1 saturated heterocycles. The van der Waals surface area contributed by atoms with Gasteiger partial charge in [0.15, 0.2) is 0 Å². The van der Waals surface area contributed by atoms with E-state index >= 15 is 0 Å². The number of fused-ring (bicyclic) bond motifs is 1. The SMILES string of the molecule is Cc1nc(C2CCN(C(=O)c3ccccn3)CC2)nc2c1CCCN2CCc1ccccc1. The van der Waals surface area contributed by atoms with Crippen LogP contribution in [0.4, 0.5) is 5.82 Å². The molecule has 0 bridgehead atoms. The van der Waals surface area contributed by atoms with Crippen molar-refractivity contribution >= 4 is 11.7 Å². The normalized spacial score (nSPS) is 16.5. The molecule has 0 unspecified atom stereocenters. The molecule has 0 atom stereocenters. The van der Waals surface area contributed by atoms with E-state index in [0.29, 0.717) is 11.6 Å². The molecule has 2 aromatic heterocycles. The minimum absolute atomic E-state index is 0.0173. The fraction of sp³-hybridized carbons (Fsp3) is 0.407. The first kappa shape index (κ1) is 21.6. The zero-order valence-corrected chi connectivity index (χ0v) is 19.3. The number of benzene rings is 1. The highest BCUT2D eigenvalue weighted by molar-refractivity contribution is 5.92. The van der Waals surface area contributed by atoms with Gasteiger partial charge in [0.05, 0.1) is 0 Å². The number of pyridine rings is 1. The van der Waals surface area contributed by atoms with Gasteiger partial charge in [0.1, 0.15) is 17.3 Å². The van der Waals surface area contributed by atoms with Crippen LogP contribution in [0.5, 0.6) is 0 Å². The predicted molar refractivity (Wildman–Crippen MR) is 130 cm³/mol. The van der Waals surface area contributed by atoms with Gasteiger partial charge in [-0.25, -0.2) is 9.97 Å². The van der Waals surface area contributed by atoms with Crippen LogP contribution in [-0.4, -0.2) is 51.9 Å². The van der Waals surface area contributed by atoms with Crippen molar-refractivity contribution in [3.8, 4) is 0 Å². The lowest BCUT2D eigenvalue weighted by Gasteiger charge is -2.34. The number of hydrogen-bond donors (Lipinski definition) is 0. The molecule has 3 aromatic rings. The van der Waals surface area contributed by atoms with E-state index in [-0.39, 0.29) is 5.91 Å². The molecule has 0 saturated carbocycles. The zero-order valence-electron chi connectivity index (χ0n) is 19.3. The summed E-state index contributed by atoms with van der Waals surface area (Å²) in [5.41, 5.74) is 4.30. The van der Waals surface area contributed by atoms with Crippen LogP contribution in [0.25, 0.3) is 0 Å². The Hall–Kier alpha value is -3.28. The second-order valence-electron chi connectivity index (χ2n) is 9.08. The Labute approximate surface area is 195 Å². The minimum atomic E-state index is 0.0173. The van der Waals surface area contributed by atoms with Crippen LogP contribution in [0.3, 0.4) is 0 Å². The summed E-state index contributed by atoms with van der Waals surface area (Å²) in [6, 6.07) is 16.2. The summed E-state index contributed by atoms with van der Waals surface area (Å²) in [5, 5.41) is 0. The molecule has 0 aliphatic carbocycles. The number of aromatic nitrogens is 3. The van der Waals surface area contributed by atoms with E-state index < -0.39 is 0 Å². The topological polar surface area (TPSA) is 62.2 Å². The predicted octanol–water partition coefficient (Wildman–Crippen LogP) is 4.20.